The Hall–Kier alpha value is -0.565. The van der Waals surface area contributed by atoms with Crippen molar-refractivity contribution in [2.75, 3.05) is 0 Å². The molecule has 0 radical (unpaired) electrons. The third-order valence-corrected chi connectivity index (χ3v) is 2.98. The summed E-state index contributed by atoms with van der Waals surface area (Å²) < 4.78 is 5.62. The number of hydrogen-bond donors (Lipinski definition) is 0. The molecule has 1 aliphatic heterocycles. The standard InChI is InChI=1S/C8H9BOS/c1-2-9-10-7-5-3-4-6-8(7)11-9/h3-6H,2H2,1H3. The lowest BCUT2D eigenvalue weighted by molar-refractivity contribution is 0.582. The Morgan fingerprint density at radius 1 is 1.45 bits per heavy atom. The summed E-state index contributed by atoms with van der Waals surface area (Å²) in [5.41, 5.74) is 0. The Labute approximate surface area is 71.1 Å². The quantitative estimate of drug-likeness (QED) is 0.590. The first-order valence-electron chi connectivity index (χ1n) is 3.82. The first-order chi connectivity index (χ1) is 5.40. The average molecular weight is 164 g/mol. The predicted molar refractivity (Wildman–Crippen MR) is 49.2 cm³/mol. The van der Waals surface area contributed by atoms with Crippen LogP contribution in [-0.4, -0.2) is 6.19 Å². The molecule has 1 aromatic carbocycles. The van der Waals surface area contributed by atoms with Gasteiger partial charge in [0.15, 0.2) is 0 Å². The van der Waals surface area contributed by atoms with Crippen LogP contribution < -0.4 is 4.65 Å². The van der Waals surface area contributed by atoms with Crippen molar-refractivity contribution < 1.29 is 4.65 Å². The van der Waals surface area contributed by atoms with E-state index in [4.69, 9.17) is 4.65 Å². The molecule has 0 bridgehead atoms. The molecule has 0 saturated carbocycles. The fourth-order valence-electron chi connectivity index (χ4n) is 1.12. The van der Waals surface area contributed by atoms with Gasteiger partial charge in [-0.05, 0) is 18.5 Å². The van der Waals surface area contributed by atoms with Gasteiger partial charge >= 0.3 is 6.19 Å². The summed E-state index contributed by atoms with van der Waals surface area (Å²) in [5, 5.41) is 0. The SMILES string of the molecule is CCB1Oc2ccccc2S1. The molecule has 0 aliphatic carbocycles. The van der Waals surface area contributed by atoms with E-state index in [1.807, 2.05) is 29.8 Å². The second-order valence-electron chi connectivity index (χ2n) is 2.52. The summed E-state index contributed by atoms with van der Waals surface area (Å²) in [7, 11) is 0. The first kappa shape index (κ1) is 7.10. The van der Waals surface area contributed by atoms with Gasteiger partial charge in [-0.1, -0.05) is 19.1 Å². The van der Waals surface area contributed by atoms with E-state index in [1.54, 1.807) is 0 Å². The van der Waals surface area contributed by atoms with Crippen molar-refractivity contribution in [3.8, 4) is 5.75 Å². The van der Waals surface area contributed by atoms with E-state index < -0.39 is 0 Å². The van der Waals surface area contributed by atoms with E-state index >= 15 is 0 Å². The number of rotatable bonds is 1. The zero-order valence-electron chi connectivity index (χ0n) is 6.41. The summed E-state index contributed by atoms with van der Waals surface area (Å²) in [5.74, 6) is 1.05. The van der Waals surface area contributed by atoms with Gasteiger partial charge in [0.2, 0.25) is 0 Å². The molecule has 1 nitrogen and oxygen atoms in total. The second kappa shape index (κ2) is 2.82. The number of benzene rings is 1. The average Bonchev–Trinajstić information content (AvgIpc) is 2.46. The van der Waals surface area contributed by atoms with Gasteiger partial charge in [-0.3, -0.25) is 0 Å². The minimum Gasteiger partial charge on any atom is -0.549 e. The lowest BCUT2D eigenvalue weighted by Gasteiger charge is -1.99. The van der Waals surface area contributed by atoms with Crippen molar-refractivity contribution >= 4 is 17.8 Å². The summed E-state index contributed by atoms with van der Waals surface area (Å²) in [4.78, 5) is 1.28. The molecule has 3 heteroatoms. The molecular formula is C8H9BOS. The minimum atomic E-state index is 0.340. The van der Waals surface area contributed by atoms with Crippen molar-refractivity contribution in [2.24, 2.45) is 0 Å². The van der Waals surface area contributed by atoms with Crippen LogP contribution in [-0.2, 0) is 0 Å². The molecule has 0 unspecified atom stereocenters. The highest BCUT2D eigenvalue weighted by Gasteiger charge is 2.26. The Morgan fingerprint density at radius 2 is 2.27 bits per heavy atom. The molecule has 0 atom stereocenters. The van der Waals surface area contributed by atoms with Crippen molar-refractivity contribution in [3.05, 3.63) is 24.3 Å². The fraction of sp³-hybridized carbons (Fsp3) is 0.250. The third kappa shape index (κ3) is 1.25. The number of fused-ring (bicyclic) bond motifs is 1. The van der Waals surface area contributed by atoms with Crippen LogP contribution in [0.25, 0.3) is 0 Å². The van der Waals surface area contributed by atoms with Gasteiger partial charge in [0, 0.05) is 4.90 Å². The highest BCUT2D eigenvalue weighted by Crippen LogP contribution is 2.39. The second-order valence-corrected chi connectivity index (χ2v) is 3.72. The lowest BCUT2D eigenvalue weighted by Crippen LogP contribution is -2.09. The first-order valence-corrected chi connectivity index (χ1v) is 4.70. The highest BCUT2D eigenvalue weighted by atomic mass is 32.2. The molecule has 0 aromatic heterocycles. The molecule has 1 aliphatic rings. The Kier molecular flexibility index (Phi) is 1.82. The summed E-state index contributed by atoms with van der Waals surface area (Å²) in [6, 6.07) is 8.19. The van der Waals surface area contributed by atoms with Crippen LogP contribution in [0, 0.1) is 0 Å². The van der Waals surface area contributed by atoms with Crippen molar-refractivity contribution in [2.45, 2.75) is 18.1 Å². The van der Waals surface area contributed by atoms with Gasteiger partial charge in [-0.25, -0.2) is 0 Å². The molecule has 2 rings (SSSR count). The molecule has 0 amide bonds. The van der Waals surface area contributed by atoms with Gasteiger partial charge in [0.05, 0.1) is 0 Å². The molecule has 11 heavy (non-hydrogen) atoms. The van der Waals surface area contributed by atoms with Crippen LogP contribution in [0.3, 0.4) is 0 Å². The predicted octanol–water partition coefficient (Wildman–Crippen LogP) is 2.68. The summed E-state index contributed by atoms with van der Waals surface area (Å²) in [6.07, 6.45) is 1.41. The smallest absolute Gasteiger partial charge is 0.431 e. The molecule has 1 aromatic rings. The zero-order chi connectivity index (χ0) is 7.68. The van der Waals surface area contributed by atoms with Gasteiger partial charge in [-0.2, -0.15) is 0 Å². The molecule has 0 saturated heterocycles. The van der Waals surface area contributed by atoms with Crippen LogP contribution in [0.15, 0.2) is 29.2 Å². The van der Waals surface area contributed by atoms with Gasteiger partial charge in [0.25, 0.3) is 0 Å². The van der Waals surface area contributed by atoms with Crippen molar-refractivity contribution in [3.63, 3.8) is 0 Å². The molecule has 0 fully saturated rings. The largest absolute Gasteiger partial charge is 0.549 e. The maximum absolute atomic E-state index is 5.62. The Morgan fingerprint density at radius 3 is 3.00 bits per heavy atom. The van der Waals surface area contributed by atoms with Crippen LogP contribution >= 0.6 is 11.6 Å². The van der Waals surface area contributed by atoms with E-state index in [1.165, 1.54) is 4.90 Å². The highest BCUT2D eigenvalue weighted by molar-refractivity contribution is 8.25. The molecule has 0 N–H and O–H groups in total. The topological polar surface area (TPSA) is 9.23 Å². The van der Waals surface area contributed by atoms with Crippen LogP contribution in [0.2, 0.25) is 6.32 Å². The van der Waals surface area contributed by atoms with Crippen molar-refractivity contribution in [1.82, 2.24) is 0 Å². The summed E-state index contributed by atoms with van der Waals surface area (Å²) in [6.45, 7) is 2.14. The molecule has 56 valence electrons. The van der Waals surface area contributed by atoms with Gasteiger partial charge in [0.1, 0.15) is 5.75 Å². The van der Waals surface area contributed by atoms with E-state index in [9.17, 15) is 0 Å². The minimum absolute atomic E-state index is 0.340. The normalized spacial score (nSPS) is 14.5. The Balaban J connectivity index is 2.27. The van der Waals surface area contributed by atoms with E-state index in [-0.39, 0.29) is 0 Å². The molecular weight excluding hydrogens is 155 g/mol. The maximum Gasteiger partial charge on any atom is 0.431 e. The van der Waals surface area contributed by atoms with Gasteiger partial charge < -0.3 is 4.65 Å². The van der Waals surface area contributed by atoms with Crippen LogP contribution in [0.4, 0.5) is 0 Å². The van der Waals surface area contributed by atoms with Crippen LogP contribution in [0.5, 0.6) is 5.75 Å². The molecule has 1 heterocycles. The monoisotopic (exact) mass is 164 g/mol. The van der Waals surface area contributed by atoms with E-state index in [0.717, 1.165) is 12.1 Å². The van der Waals surface area contributed by atoms with E-state index in [0.29, 0.717) is 6.19 Å². The lowest BCUT2D eigenvalue weighted by atomic mass is 9.95. The zero-order valence-corrected chi connectivity index (χ0v) is 7.23. The van der Waals surface area contributed by atoms with Gasteiger partial charge in [-0.15, -0.1) is 11.6 Å². The van der Waals surface area contributed by atoms with E-state index in [2.05, 4.69) is 13.0 Å². The van der Waals surface area contributed by atoms with Crippen molar-refractivity contribution in [1.29, 1.82) is 0 Å². The number of hydrogen-bond acceptors (Lipinski definition) is 2. The number of para-hydroxylation sites is 1. The fourth-order valence-corrected chi connectivity index (χ4v) is 2.11. The third-order valence-electron chi connectivity index (χ3n) is 1.70. The maximum atomic E-state index is 5.62. The Bertz CT molecular complexity index is 239. The molecule has 0 spiro atoms. The summed E-state index contributed by atoms with van der Waals surface area (Å²) >= 11 is 1.81. The van der Waals surface area contributed by atoms with Crippen LogP contribution in [0.1, 0.15) is 6.92 Å².